The van der Waals surface area contributed by atoms with Crippen molar-refractivity contribution in [3.8, 4) is 0 Å². The molecule has 0 bridgehead atoms. The van der Waals surface area contributed by atoms with Gasteiger partial charge < -0.3 is 5.32 Å². The Bertz CT molecular complexity index is 333. The topological polar surface area (TPSA) is 12.0 Å². The van der Waals surface area contributed by atoms with Gasteiger partial charge in [-0.05, 0) is 25.5 Å². The molecule has 0 amide bonds. The predicted octanol–water partition coefficient (Wildman–Crippen LogP) is 4.57. The Morgan fingerprint density at radius 1 is 1.11 bits per heavy atom. The third kappa shape index (κ3) is 4.66. The first-order valence-corrected chi connectivity index (χ1v) is 7.98. The highest BCUT2D eigenvalue weighted by Gasteiger charge is 2.20. The maximum Gasteiger partial charge on any atom is 0.0437 e. The summed E-state index contributed by atoms with van der Waals surface area (Å²) in [5.41, 5.74) is 2.74. The van der Waals surface area contributed by atoms with Gasteiger partial charge in [0.2, 0.25) is 0 Å². The van der Waals surface area contributed by atoms with Crippen LogP contribution < -0.4 is 5.32 Å². The molecule has 0 saturated heterocycles. The van der Waals surface area contributed by atoms with Gasteiger partial charge in [-0.2, -0.15) is 11.8 Å². The van der Waals surface area contributed by atoms with Crippen LogP contribution in [0.2, 0.25) is 0 Å². The highest BCUT2D eigenvalue weighted by Crippen LogP contribution is 2.30. The summed E-state index contributed by atoms with van der Waals surface area (Å²) >= 11 is 2.08. The first-order valence-electron chi connectivity index (χ1n) is 7.03. The van der Waals surface area contributed by atoms with Crippen molar-refractivity contribution in [2.24, 2.45) is 0 Å². The molecule has 0 spiro atoms. The van der Waals surface area contributed by atoms with Crippen molar-refractivity contribution in [2.45, 2.75) is 57.6 Å². The molecule has 3 unspecified atom stereocenters. The Morgan fingerprint density at radius 2 is 1.72 bits per heavy atom. The normalized spacial score (nSPS) is 16.3. The molecule has 0 aromatic heterocycles. The number of aryl methyl sites for hydroxylation is 1. The molecule has 0 aliphatic carbocycles. The zero-order chi connectivity index (χ0) is 13.5. The second kappa shape index (κ2) is 7.85. The molecule has 0 fully saturated rings. The van der Waals surface area contributed by atoms with Crippen LogP contribution in [-0.4, -0.2) is 17.0 Å². The van der Waals surface area contributed by atoms with Gasteiger partial charge in [0.1, 0.15) is 0 Å². The summed E-state index contributed by atoms with van der Waals surface area (Å²) in [4.78, 5) is 0. The number of benzene rings is 1. The monoisotopic (exact) mass is 265 g/mol. The van der Waals surface area contributed by atoms with Crippen molar-refractivity contribution in [1.29, 1.82) is 0 Å². The summed E-state index contributed by atoms with van der Waals surface area (Å²) in [5.74, 6) is 0. The number of nitrogens with one attached hydrogen (secondary N) is 1. The van der Waals surface area contributed by atoms with E-state index >= 15 is 0 Å². The fourth-order valence-electron chi connectivity index (χ4n) is 2.09. The van der Waals surface area contributed by atoms with Gasteiger partial charge in [-0.3, -0.25) is 0 Å². The van der Waals surface area contributed by atoms with E-state index in [9.17, 15) is 0 Å². The minimum atomic E-state index is 0.453. The van der Waals surface area contributed by atoms with E-state index in [4.69, 9.17) is 0 Å². The smallest absolute Gasteiger partial charge is 0.0437 e. The minimum Gasteiger partial charge on any atom is -0.309 e. The Hall–Kier alpha value is -0.470. The highest BCUT2D eigenvalue weighted by molar-refractivity contribution is 8.00. The summed E-state index contributed by atoms with van der Waals surface area (Å²) in [6.07, 6.45) is 1.24. The second-order valence-electron chi connectivity index (χ2n) is 5.01. The molecule has 3 atom stereocenters. The molecular formula is C16H27NS. The average Bonchev–Trinajstić information content (AvgIpc) is 2.37. The van der Waals surface area contributed by atoms with Crippen LogP contribution in [0.3, 0.4) is 0 Å². The Balaban J connectivity index is 2.77. The summed E-state index contributed by atoms with van der Waals surface area (Å²) in [6, 6.07) is 9.39. The van der Waals surface area contributed by atoms with E-state index in [1.807, 2.05) is 0 Å². The number of thioether (sulfide) groups is 1. The van der Waals surface area contributed by atoms with Crippen LogP contribution in [-0.2, 0) is 0 Å². The molecule has 1 N–H and O–H groups in total. The summed E-state index contributed by atoms with van der Waals surface area (Å²) < 4.78 is 0. The Labute approximate surface area is 117 Å². The van der Waals surface area contributed by atoms with E-state index in [1.54, 1.807) is 0 Å². The molecule has 0 radical (unpaired) electrons. The lowest BCUT2D eigenvalue weighted by Gasteiger charge is -2.27. The molecule has 1 aromatic carbocycles. The molecule has 18 heavy (non-hydrogen) atoms. The average molecular weight is 265 g/mol. The van der Waals surface area contributed by atoms with Gasteiger partial charge in [0.15, 0.2) is 0 Å². The first kappa shape index (κ1) is 15.6. The lowest BCUT2D eigenvalue weighted by Crippen LogP contribution is -2.29. The minimum absolute atomic E-state index is 0.453. The molecule has 0 heterocycles. The molecule has 0 aliphatic rings. The largest absolute Gasteiger partial charge is 0.309 e. The zero-order valence-electron chi connectivity index (χ0n) is 12.4. The quantitative estimate of drug-likeness (QED) is 0.775. The van der Waals surface area contributed by atoms with Crippen LogP contribution in [0.1, 0.15) is 51.3 Å². The van der Waals surface area contributed by atoms with Gasteiger partial charge in [-0.25, -0.2) is 0 Å². The van der Waals surface area contributed by atoms with Gasteiger partial charge in [0, 0.05) is 16.5 Å². The predicted molar refractivity (Wildman–Crippen MR) is 84.4 cm³/mol. The molecule has 0 aliphatic heterocycles. The number of hydrogen-bond acceptors (Lipinski definition) is 2. The molecule has 1 rings (SSSR count). The van der Waals surface area contributed by atoms with E-state index in [-0.39, 0.29) is 0 Å². The SMILES string of the molecule is CCNC(c1ccc(C)cc1)C(C)SC(C)CC. The van der Waals surface area contributed by atoms with Crippen molar-refractivity contribution < 1.29 is 0 Å². The lowest BCUT2D eigenvalue weighted by molar-refractivity contribution is 0.546. The fourth-order valence-corrected chi connectivity index (χ4v) is 3.43. The molecule has 2 heteroatoms. The van der Waals surface area contributed by atoms with Crippen LogP contribution in [0, 0.1) is 6.92 Å². The summed E-state index contributed by atoms with van der Waals surface area (Å²) in [6.45, 7) is 12.3. The van der Waals surface area contributed by atoms with Gasteiger partial charge in [0.05, 0.1) is 0 Å². The van der Waals surface area contributed by atoms with Crippen molar-refractivity contribution in [3.05, 3.63) is 35.4 Å². The van der Waals surface area contributed by atoms with Crippen molar-refractivity contribution in [1.82, 2.24) is 5.32 Å². The maximum atomic E-state index is 3.63. The van der Waals surface area contributed by atoms with E-state index < -0.39 is 0 Å². The van der Waals surface area contributed by atoms with Crippen LogP contribution in [0.15, 0.2) is 24.3 Å². The van der Waals surface area contributed by atoms with E-state index in [0.29, 0.717) is 11.3 Å². The van der Waals surface area contributed by atoms with Gasteiger partial charge >= 0.3 is 0 Å². The molecular weight excluding hydrogens is 238 g/mol. The standard InChI is InChI=1S/C16H27NS/c1-6-13(4)18-14(5)16(17-7-2)15-10-8-12(3)9-11-15/h8-11,13-14,16-17H,6-7H2,1-5H3. The molecule has 1 aromatic rings. The van der Waals surface area contributed by atoms with Gasteiger partial charge in [0.25, 0.3) is 0 Å². The Morgan fingerprint density at radius 3 is 2.22 bits per heavy atom. The lowest BCUT2D eigenvalue weighted by atomic mass is 10.0. The highest BCUT2D eigenvalue weighted by atomic mass is 32.2. The molecule has 1 nitrogen and oxygen atoms in total. The Kier molecular flexibility index (Phi) is 6.80. The van der Waals surface area contributed by atoms with Crippen LogP contribution in [0.25, 0.3) is 0 Å². The first-order chi connectivity index (χ1) is 8.58. The van der Waals surface area contributed by atoms with Crippen LogP contribution >= 0.6 is 11.8 Å². The van der Waals surface area contributed by atoms with E-state index in [0.717, 1.165) is 11.8 Å². The van der Waals surface area contributed by atoms with Gasteiger partial charge in [-0.1, -0.05) is 57.5 Å². The fraction of sp³-hybridized carbons (Fsp3) is 0.625. The van der Waals surface area contributed by atoms with Crippen LogP contribution in [0.4, 0.5) is 0 Å². The van der Waals surface area contributed by atoms with Crippen molar-refractivity contribution in [2.75, 3.05) is 6.54 Å². The third-order valence-electron chi connectivity index (χ3n) is 3.35. The number of hydrogen-bond donors (Lipinski definition) is 1. The molecule has 102 valence electrons. The van der Waals surface area contributed by atoms with Crippen molar-refractivity contribution in [3.63, 3.8) is 0 Å². The third-order valence-corrected chi connectivity index (χ3v) is 4.85. The second-order valence-corrected chi connectivity index (χ2v) is 6.83. The maximum absolute atomic E-state index is 3.63. The van der Waals surface area contributed by atoms with E-state index in [2.05, 4.69) is 76.0 Å². The zero-order valence-corrected chi connectivity index (χ0v) is 13.2. The van der Waals surface area contributed by atoms with Gasteiger partial charge in [-0.15, -0.1) is 0 Å². The van der Waals surface area contributed by atoms with Crippen LogP contribution in [0.5, 0.6) is 0 Å². The summed E-state index contributed by atoms with van der Waals surface area (Å²) in [5, 5.41) is 4.95. The van der Waals surface area contributed by atoms with Crippen molar-refractivity contribution >= 4 is 11.8 Å². The molecule has 0 saturated carbocycles. The number of rotatable bonds is 7. The summed E-state index contributed by atoms with van der Waals surface area (Å²) in [7, 11) is 0. The van der Waals surface area contributed by atoms with E-state index in [1.165, 1.54) is 17.5 Å².